The summed E-state index contributed by atoms with van der Waals surface area (Å²) in [7, 11) is 1.69. The molecule has 202 valence electrons. The van der Waals surface area contributed by atoms with Crippen molar-refractivity contribution in [1.29, 1.82) is 0 Å². The van der Waals surface area contributed by atoms with Crippen LogP contribution in [0.15, 0.2) is 79.0 Å². The third-order valence-corrected chi connectivity index (χ3v) is 9.27. The number of hydrogen-bond donors (Lipinski definition) is 0. The van der Waals surface area contributed by atoms with Crippen LogP contribution in [0.1, 0.15) is 27.7 Å². The summed E-state index contributed by atoms with van der Waals surface area (Å²) in [6.45, 7) is 12.5. The van der Waals surface area contributed by atoms with Crippen molar-refractivity contribution in [3.63, 3.8) is 0 Å². The van der Waals surface area contributed by atoms with Crippen LogP contribution in [0.4, 0.5) is 5.69 Å². The minimum atomic E-state index is -0.511. The third kappa shape index (κ3) is 4.09. The standard InChI is InChI=1S/C34H36BN3O2/c1-33(2)34(3,4)40-35(39-33)29-22-30(38-18-16-37(5)17-19-38)27-20-24-11-6-7-12-25(24)21-28(27)31(29)32-26-13-9-8-10-23(26)14-15-36-32/h6-15,20-22H,16-19H2,1-5H3. The molecule has 7 rings (SSSR count). The highest BCUT2D eigenvalue weighted by molar-refractivity contribution is 6.65. The van der Waals surface area contributed by atoms with Crippen molar-refractivity contribution < 1.29 is 9.31 Å². The SMILES string of the molecule is CN1CCN(c2cc(B3OC(C)(C)C(C)(C)O3)c(-c3nccc4ccccc34)c3cc4ccccc4cc23)CC1. The maximum Gasteiger partial charge on any atom is 0.495 e. The van der Waals surface area contributed by atoms with Gasteiger partial charge in [-0.1, -0.05) is 48.5 Å². The van der Waals surface area contributed by atoms with Crippen molar-refractivity contribution in [1.82, 2.24) is 9.88 Å². The minimum absolute atomic E-state index is 0.451. The summed E-state index contributed by atoms with van der Waals surface area (Å²) in [5.41, 5.74) is 3.43. The van der Waals surface area contributed by atoms with Crippen molar-refractivity contribution >= 4 is 50.6 Å². The van der Waals surface area contributed by atoms with Crippen molar-refractivity contribution in [2.24, 2.45) is 0 Å². The molecule has 0 radical (unpaired) electrons. The van der Waals surface area contributed by atoms with Crippen LogP contribution in [0.2, 0.25) is 0 Å². The summed E-state index contributed by atoms with van der Waals surface area (Å²) in [4.78, 5) is 9.97. The Morgan fingerprint density at radius 2 is 1.30 bits per heavy atom. The molecule has 2 saturated heterocycles. The average Bonchev–Trinajstić information content (AvgIpc) is 3.17. The van der Waals surface area contributed by atoms with Crippen LogP contribution in [0.3, 0.4) is 0 Å². The fourth-order valence-corrected chi connectivity index (χ4v) is 6.16. The number of anilines is 1. The average molecular weight is 529 g/mol. The lowest BCUT2D eigenvalue weighted by atomic mass is 9.72. The molecule has 0 unspecified atom stereocenters. The smallest absolute Gasteiger partial charge is 0.399 e. The number of rotatable bonds is 3. The minimum Gasteiger partial charge on any atom is -0.399 e. The Labute approximate surface area is 236 Å². The molecule has 0 atom stereocenters. The van der Waals surface area contributed by atoms with Gasteiger partial charge in [0.2, 0.25) is 0 Å². The monoisotopic (exact) mass is 529 g/mol. The van der Waals surface area contributed by atoms with Crippen LogP contribution < -0.4 is 10.4 Å². The molecule has 4 aromatic carbocycles. The van der Waals surface area contributed by atoms with E-state index >= 15 is 0 Å². The molecule has 5 nitrogen and oxygen atoms in total. The zero-order valence-corrected chi connectivity index (χ0v) is 24.1. The second-order valence-corrected chi connectivity index (χ2v) is 12.4. The summed E-state index contributed by atoms with van der Waals surface area (Å²) in [5.74, 6) is 0. The number of aromatic nitrogens is 1. The number of nitrogens with zero attached hydrogens (tertiary/aromatic N) is 3. The van der Waals surface area contributed by atoms with Crippen LogP contribution in [0.5, 0.6) is 0 Å². The normalized spacial score (nSPS) is 19.2. The van der Waals surface area contributed by atoms with Crippen molar-refractivity contribution in [2.45, 2.75) is 38.9 Å². The maximum absolute atomic E-state index is 6.74. The Balaban J connectivity index is 1.58. The molecule has 0 spiro atoms. The maximum atomic E-state index is 6.74. The molecule has 0 bridgehead atoms. The van der Waals surface area contributed by atoms with Crippen LogP contribution in [0, 0.1) is 0 Å². The number of benzene rings is 4. The highest BCUT2D eigenvalue weighted by Crippen LogP contribution is 2.42. The summed E-state index contributed by atoms with van der Waals surface area (Å²) in [6, 6.07) is 26.3. The van der Waals surface area contributed by atoms with Gasteiger partial charge in [-0.15, -0.1) is 0 Å². The third-order valence-electron chi connectivity index (χ3n) is 9.27. The first-order chi connectivity index (χ1) is 19.2. The van der Waals surface area contributed by atoms with E-state index in [1.54, 1.807) is 0 Å². The van der Waals surface area contributed by atoms with Gasteiger partial charge in [-0.2, -0.15) is 0 Å². The van der Waals surface area contributed by atoms with Gasteiger partial charge in [0, 0.05) is 54.4 Å². The van der Waals surface area contributed by atoms with Crippen LogP contribution >= 0.6 is 0 Å². The van der Waals surface area contributed by atoms with E-state index < -0.39 is 18.3 Å². The Morgan fingerprint density at radius 3 is 1.98 bits per heavy atom. The predicted molar refractivity (Wildman–Crippen MR) is 168 cm³/mol. The first-order valence-corrected chi connectivity index (χ1v) is 14.3. The first-order valence-electron chi connectivity index (χ1n) is 14.3. The van der Waals surface area contributed by atoms with E-state index in [1.165, 1.54) is 32.6 Å². The topological polar surface area (TPSA) is 37.8 Å². The van der Waals surface area contributed by atoms with Crippen molar-refractivity contribution in [2.75, 3.05) is 38.1 Å². The second-order valence-electron chi connectivity index (χ2n) is 12.4. The Kier molecular flexibility index (Phi) is 5.93. The van der Waals surface area contributed by atoms with Crippen molar-refractivity contribution in [3.8, 4) is 11.3 Å². The first kappa shape index (κ1) is 25.5. The summed E-state index contributed by atoms with van der Waals surface area (Å²) in [6.07, 6.45) is 1.92. The molecule has 3 heterocycles. The largest absolute Gasteiger partial charge is 0.495 e. The molecule has 5 aromatic rings. The number of pyridine rings is 1. The van der Waals surface area contributed by atoms with Gasteiger partial charge < -0.3 is 19.1 Å². The molecular weight excluding hydrogens is 493 g/mol. The quantitative estimate of drug-likeness (QED) is 0.204. The molecule has 0 saturated carbocycles. The van der Waals surface area contributed by atoms with Gasteiger partial charge in [0.15, 0.2) is 0 Å². The number of hydrogen-bond acceptors (Lipinski definition) is 5. The van der Waals surface area contributed by atoms with Crippen LogP contribution in [0.25, 0.3) is 43.6 Å². The van der Waals surface area contributed by atoms with Crippen molar-refractivity contribution in [3.05, 3.63) is 79.0 Å². The highest BCUT2D eigenvalue weighted by Gasteiger charge is 2.52. The molecule has 0 amide bonds. The molecule has 2 aliphatic rings. The van der Waals surface area contributed by atoms with Gasteiger partial charge in [-0.3, -0.25) is 4.98 Å². The van der Waals surface area contributed by atoms with Gasteiger partial charge in [0.1, 0.15) is 0 Å². The molecule has 40 heavy (non-hydrogen) atoms. The number of fused-ring (bicyclic) bond motifs is 3. The zero-order valence-electron chi connectivity index (χ0n) is 24.1. The summed E-state index contributed by atoms with van der Waals surface area (Å²) in [5, 5.41) is 7.18. The van der Waals surface area contributed by atoms with E-state index in [0.29, 0.717) is 0 Å². The Bertz CT molecular complexity index is 1740. The van der Waals surface area contributed by atoms with E-state index in [1.807, 2.05) is 6.20 Å². The Hall–Kier alpha value is -3.45. The molecule has 0 aliphatic carbocycles. The Morgan fingerprint density at radius 1 is 0.700 bits per heavy atom. The fourth-order valence-electron chi connectivity index (χ4n) is 6.16. The van der Waals surface area contributed by atoms with Crippen LogP contribution in [-0.2, 0) is 9.31 Å². The molecular formula is C34H36BN3O2. The lowest BCUT2D eigenvalue weighted by Gasteiger charge is -2.35. The predicted octanol–water partition coefficient (Wildman–Crippen LogP) is 6.26. The van der Waals surface area contributed by atoms with E-state index in [4.69, 9.17) is 14.3 Å². The molecule has 6 heteroatoms. The molecule has 2 fully saturated rings. The summed E-state index contributed by atoms with van der Waals surface area (Å²) >= 11 is 0. The van der Waals surface area contributed by atoms with Gasteiger partial charge >= 0.3 is 7.12 Å². The van der Waals surface area contributed by atoms with Gasteiger partial charge in [-0.25, -0.2) is 0 Å². The van der Waals surface area contributed by atoms with E-state index in [2.05, 4.69) is 117 Å². The molecule has 0 N–H and O–H groups in total. The van der Waals surface area contributed by atoms with Gasteiger partial charge in [-0.05, 0) is 86.0 Å². The second kappa shape index (κ2) is 9.30. The van der Waals surface area contributed by atoms with E-state index in [0.717, 1.165) is 48.3 Å². The fraction of sp³-hybridized carbons (Fsp3) is 0.324. The summed E-state index contributed by atoms with van der Waals surface area (Å²) < 4.78 is 13.5. The lowest BCUT2D eigenvalue weighted by molar-refractivity contribution is 0.00578. The van der Waals surface area contributed by atoms with E-state index in [-0.39, 0.29) is 0 Å². The van der Waals surface area contributed by atoms with E-state index in [9.17, 15) is 0 Å². The highest BCUT2D eigenvalue weighted by atomic mass is 16.7. The number of piperazine rings is 1. The zero-order chi connectivity index (χ0) is 27.6. The van der Waals surface area contributed by atoms with Gasteiger partial charge in [0.05, 0.1) is 16.9 Å². The molecule has 1 aromatic heterocycles. The lowest BCUT2D eigenvalue weighted by Crippen LogP contribution is -2.45. The van der Waals surface area contributed by atoms with Gasteiger partial charge in [0.25, 0.3) is 0 Å². The van der Waals surface area contributed by atoms with Crippen LogP contribution in [-0.4, -0.2) is 61.4 Å². The number of likely N-dealkylation sites (N-methyl/N-ethyl adjacent to an activating group) is 1. The molecule has 2 aliphatic heterocycles.